The summed E-state index contributed by atoms with van der Waals surface area (Å²) in [5, 5.41) is 3.58. The summed E-state index contributed by atoms with van der Waals surface area (Å²) in [6.07, 6.45) is 2.50. The second kappa shape index (κ2) is 6.95. The molecule has 0 saturated carbocycles. The van der Waals surface area contributed by atoms with Crippen molar-refractivity contribution in [3.63, 3.8) is 0 Å². The van der Waals surface area contributed by atoms with Crippen molar-refractivity contribution in [2.75, 3.05) is 31.5 Å². The first-order valence-electron chi connectivity index (χ1n) is 7.77. The highest BCUT2D eigenvalue weighted by Crippen LogP contribution is 2.24. The second-order valence-electron chi connectivity index (χ2n) is 5.97. The molecule has 1 aliphatic heterocycles. The fraction of sp³-hybridized carbons (Fsp3) is 0.647. The molecule has 1 aliphatic rings. The number of nitrogens with zero attached hydrogens (tertiary/aromatic N) is 1. The quantitative estimate of drug-likeness (QED) is 0.840. The summed E-state index contributed by atoms with van der Waals surface area (Å²) >= 11 is 0. The minimum Gasteiger partial charge on any atom is -0.384 e. The Hall–Kier alpha value is -1.02. The Labute approximate surface area is 118 Å². The Kier molecular flexibility index (Phi) is 5.26. The lowest BCUT2D eigenvalue weighted by Gasteiger charge is -2.32. The van der Waals surface area contributed by atoms with Crippen molar-refractivity contribution in [2.45, 2.75) is 33.6 Å². The van der Waals surface area contributed by atoms with Gasteiger partial charge in [0.15, 0.2) is 0 Å². The first kappa shape index (κ1) is 14.4. The molecule has 1 N–H and O–H groups in total. The van der Waals surface area contributed by atoms with E-state index in [-0.39, 0.29) is 0 Å². The summed E-state index contributed by atoms with van der Waals surface area (Å²) < 4.78 is 0. The predicted molar refractivity (Wildman–Crippen MR) is 83.7 cm³/mol. The lowest BCUT2D eigenvalue weighted by Crippen LogP contribution is -2.37. The molecule has 1 heterocycles. The van der Waals surface area contributed by atoms with Crippen LogP contribution in [-0.2, 0) is 6.42 Å². The van der Waals surface area contributed by atoms with Gasteiger partial charge in [0.1, 0.15) is 0 Å². The molecule has 106 valence electrons. The SMILES string of the molecule is CCC(C)CN(CC)CC1CNc2ccccc2C1. The van der Waals surface area contributed by atoms with Crippen LogP contribution in [0.3, 0.4) is 0 Å². The average molecular weight is 260 g/mol. The molecule has 2 nitrogen and oxygen atoms in total. The average Bonchev–Trinajstić information content (AvgIpc) is 2.46. The van der Waals surface area contributed by atoms with Crippen molar-refractivity contribution >= 4 is 5.69 Å². The third-order valence-corrected chi connectivity index (χ3v) is 4.34. The minimum atomic E-state index is 0.749. The monoisotopic (exact) mass is 260 g/mol. The molecular weight excluding hydrogens is 232 g/mol. The first-order valence-corrected chi connectivity index (χ1v) is 7.77. The minimum absolute atomic E-state index is 0.749. The van der Waals surface area contributed by atoms with Crippen LogP contribution in [0.2, 0.25) is 0 Å². The van der Waals surface area contributed by atoms with E-state index in [1.807, 2.05) is 0 Å². The molecule has 2 rings (SSSR count). The van der Waals surface area contributed by atoms with Gasteiger partial charge in [-0.3, -0.25) is 0 Å². The number of rotatable bonds is 6. The van der Waals surface area contributed by atoms with Gasteiger partial charge >= 0.3 is 0 Å². The molecular formula is C17H28N2. The molecule has 0 fully saturated rings. The zero-order valence-electron chi connectivity index (χ0n) is 12.7. The Bertz CT molecular complexity index is 389. The number of fused-ring (bicyclic) bond motifs is 1. The molecule has 2 heteroatoms. The third kappa shape index (κ3) is 3.97. The maximum Gasteiger partial charge on any atom is 0.0372 e. The Morgan fingerprint density at radius 2 is 2.11 bits per heavy atom. The van der Waals surface area contributed by atoms with Crippen LogP contribution in [0.5, 0.6) is 0 Å². The van der Waals surface area contributed by atoms with Gasteiger partial charge in [-0.25, -0.2) is 0 Å². The number of benzene rings is 1. The van der Waals surface area contributed by atoms with Crippen molar-refractivity contribution in [1.29, 1.82) is 0 Å². The molecule has 0 amide bonds. The van der Waals surface area contributed by atoms with Gasteiger partial charge in [-0.15, -0.1) is 0 Å². The van der Waals surface area contributed by atoms with Crippen molar-refractivity contribution in [1.82, 2.24) is 4.90 Å². The molecule has 0 aliphatic carbocycles. The summed E-state index contributed by atoms with van der Waals surface area (Å²) in [6, 6.07) is 8.73. The highest BCUT2D eigenvalue weighted by Gasteiger charge is 2.20. The number of para-hydroxylation sites is 1. The summed E-state index contributed by atoms with van der Waals surface area (Å²) in [6.45, 7) is 11.7. The molecule has 0 spiro atoms. The molecule has 2 unspecified atom stereocenters. The number of hydrogen-bond donors (Lipinski definition) is 1. The lowest BCUT2D eigenvalue weighted by molar-refractivity contribution is 0.211. The van der Waals surface area contributed by atoms with E-state index in [0.717, 1.165) is 18.4 Å². The van der Waals surface area contributed by atoms with E-state index in [1.165, 1.54) is 43.7 Å². The standard InChI is InChI=1S/C17H28N2/c1-4-14(3)12-19(5-2)13-15-10-16-8-6-7-9-17(16)18-11-15/h6-9,14-15,18H,4-5,10-13H2,1-3H3. The van der Waals surface area contributed by atoms with Crippen LogP contribution < -0.4 is 5.32 Å². The van der Waals surface area contributed by atoms with Gasteiger partial charge in [0.25, 0.3) is 0 Å². The van der Waals surface area contributed by atoms with E-state index in [4.69, 9.17) is 0 Å². The van der Waals surface area contributed by atoms with E-state index >= 15 is 0 Å². The largest absolute Gasteiger partial charge is 0.384 e. The van der Waals surface area contributed by atoms with Gasteiger partial charge in [0.2, 0.25) is 0 Å². The van der Waals surface area contributed by atoms with Crippen LogP contribution in [0.1, 0.15) is 32.8 Å². The van der Waals surface area contributed by atoms with Crippen LogP contribution in [0, 0.1) is 11.8 Å². The fourth-order valence-electron chi connectivity index (χ4n) is 2.91. The molecule has 0 saturated heterocycles. The highest BCUT2D eigenvalue weighted by molar-refractivity contribution is 5.53. The summed E-state index contributed by atoms with van der Waals surface area (Å²) in [5.41, 5.74) is 2.82. The summed E-state index contributed by atoms with van der Waals surface area (Å²) in [5.74, 6) is 1.56. The molecule has 1 aromatic rings. The smallest absolute Gasteiger partial charge is 0.0372 e. The van der Waals surface area contributed by atoms with E-state index in [0.29, 0.717) is 0 Å². The van der Waals surface area contributed by atoms with Gasteiger partial charge in [0, 0.05) is 25.3 Å². The van der Waals surface area contributed by atoms with Crippen LogP contribution in [0.25, 0.3) is 0 Å². The number of hydrogen-bond acceptors (Lipinski definition) is 2. The van der Waals surface area contributed by atoms with Crippen molar-refractivity contribution in [2.24, 2.45) is 11.8 Å². The Balaban J connectivity index is 1.90. The molecule has 0 radical (unpaired) electrons. The molecule has 0 bridgehead atoms. The van der Waals surface area contributed by atoms with E-state index in [9.17, 15) is 0 Å². The topological polar surface area (TPSA) is 15.3 Å². The highest BCUT2D eigenvalue weighted by atomic mass is 15.1. The number of nitrogens with one attached hydrogen (secondary N) is 1. The van der Waals surface area contributed by atoms with E-state index in [2.05, 4.69) is 55.3 Å². The summed E-state index contributed by atoms with van der Waals surface area (Å²) in [4.78, 5) is 2.62. The van der Waals surface area contributed by atoms with Gasteiger partial charge < -0.3 is 10.2 Å². The zero-order valence-corrected chi connectivity index (χ0v) is 12.7. The van der Waals surface area contributed by atoms with E-state index < -0.39 is 0 Å². The normalized spacial score (nSPS) is 19.9. The van der Waals surface area contributed by atoms with E-state index in [1.54, 1.807) is 0 Å². The zero-order chi connectivity index (χ0) is 13.7. The summed E-state index contributed by atoms with van der Waals surface area (Å²) in [7, 11) is 0. The maximum absolute atomic E-state index is 3.58. The first-order chi connectivity index (χ1) is 9.22. The van der Waals surface area contributed by atoms with Crippen LogP contribution in [0.15, 0.2) is 24.3 Å². The predicted octanol–water partition coefficient (Wildman–Crippen LogP) is 3.64. The lowest BCUT2D eigenvalue weighted by atomic mass is 9.93. The van der Waals surface area contributed by atoms with Crippen molar-refractivity contribution in [3.8, 4) is 0 Å². The molecule has 1 aromatic carbocycles. The fourth-order valence-corrected chi connectivity index (χ4v) is 2.91. The number of anilines is 1. The second-order valence-corrected chi connectivity index (χ2v) is 5.97. The third-order valence-electron chi connectivity index (χ3n) is 4.34. The van der Waals surface area contributed by atoms with Gasteiger partial charge in [-0.2, -0.15) is 0 Å². The Morgan fingerprint density at radius 1 is 1.32 bits per heavy atom. The van der Waals surface area contributed by atoms with Crippen molar-refractivity contribution < 1.29 is 0 Å². The van der Waals surface area contributed by atoms with Crippen LogP contribution in [-0.4, -0.2) is 31.1 Å². The van der Waals surface area contributed by atoms with Gasteiger partial charge in [0.05, 0.1) is 0 Å². The van der Waals surface area contributed by atoms with Crippen LogP contribution >= 0.6 is 0 Å². The van der Waals surface area contributed by atoms with Crippen molar-refractivity contribution in [3.05, 3.63) is 29.8 Å². The van der Waals surface area contributed by atoms with Gasteiger partial charge in [-0.05, 0) is 36.4 Å². The van der Waals surface area contributed by atoms with Crippen LogP contribution in [0.4, 0.5) is 5.69 Å². The van der Waals surface area contributed by atoms with Gasteiger partial charge in [-0.1, -0.05) is 45.4 Å². The molecule has 2 atom stereocenters. The molecule has 0 aromatic heterocycles. The molecule has 19 heavy (non-hydrogen) atoms. The Morgan fingerprint density at radius 3 is 2.84 bits per heavy atom. The maximum atomic E-state index is 3.58.